The van der Waals surface area contributed by atoms with Crippen LogP contribution < -0.4 is 4.74 Å². The summed E-state index contributed by atoms with van der Waals surface area (Å²) in [5.41, 5.74) is 2.90. The number of benzene rings is 2. The maximum atomic E-state index is 14.2. The van der Waals surface area contributed by atoms with E-state index in [1.165, 1.54) is 37.8 Å². The van der Waals surface area contributed by atoms with Crippen molar-refractivity contribution < 1.29 is 19.0 Å². The van der Waals surface area contributed by atoms with Crippen molar-refractivity contribution in [2.24, 2.45) is 17.8 Å². The van der Waals surface area contributed by atoms with Crippen LogP contribution in [0.2, 0.25) is 5.02 Å². The third-order valence-electron chi connectivity index (χ3n) is 7.10. The van der Waals surface area contributed by atoms with E-state index in [1.54, 1.807) is 6.07 Å². The third kappa shape index (κ3) is 3.40. The van der Waals surface area contributed by atoms with Crippen molar-refractivity contribution in [2.75, 3.05) is 6.61 Å². The highest BCUT2D eigenvalue weighted by Gasteiger charge is 2.48. The van der Waals surface area contributed by atoms with Crippen LogP contribution in [0.3, 0.4) is 0 Å². The summed E-state index contributed by atoms with van der Waals surface area (Å²) < 4.78 is 26.3. The van der Waals surface area contributed by atoms with Crippen LogP contribution in [0.5, 0.6) is 11.5 Å². The number of aliphatic hydroxyl groups excluding tert-OH is 1. The molecule has 3 nitrogen and oxygen atoms in total. The van der Waals surface area contributed by atoms with Crippen molar-refractivity contribution in [3.63, 3.8) is 0 Å². The molecule has 0 saturated heterocycles. The van der Waals surface area contributed by atoms with E-state index in [-0.39, 0.29) is 17.8 Å². The van der Waals surface area contributed by atoms with Crippen LogP contribution in [0.4, 0.5) is 4.39 Å². The number of halogens is 2. The molecule has 2 unspecified atom stereocenters. The number of aryl methyl sites for hydroxylation is 1. The van der Waals surface area contributed by atoms with Crippen LogP contribution in [-0.4, -0.2) is 17.8 Å². The predicted octanol–water partition coefficient (Wildman–Crippen LogP) is 6.94. The van der Waals surface area contributed by atoms with E-state index >= 15 is 0 Å². The lowest BCUT2D eigenvalue weighted by molar-refractivity contribution is -0.0972. The monoisotopic (exact) mass is 428 g/mol. The molecular formula is C25H26ClFO3. The lowest BCUT2D eigenvalue weighted by atomic mass is 9.61. The lowest BCUT2D eigenvalue weighted by Gasteiger charge is -2.50. The quantitative estimate of drug-likeness (QED) is 0.573. The van der Waals surface area contributed by atoms with Crippen molar-refractivity contribution in [3.8, 4) is 11.5 Å². The maximum absolute atomic E-state index is 14.2. The van der Waals surface area contributed by atoms with Gasteiger partial charge in [0.25, 0.3) is 0 Å². The standard InChI is InChI=1S/C25H26ClFO3/c1-2-14-7-9-18(30-22-10-8-17(26)11-21(22)27)12-19(14)20-13-29-25-16-5-3-15(4-6-16)23(25)24(20)28/h7-12,15-16,23,25,28H,2-6,13H2,1H3. The van der Waals surface area contributed by atoms with E-state index in [1.807, 2.05) is 18.2 Å². The first-order valence-corrected chi connectivity index (χ1v) is 11.2. The average molecular weight is 429 g/mol. The second-order valence-corrected chi connectivity index (χ2v) is 9.13. The molecule has 2 aromatic rings. The molecule has 3 saturated carbocycles. The second kappa shape index (κ2) is 7.90. The highest BCUT2D eigenvalue weighted by atomic mass is 35.5. The lowest BCUT2D eigenvalue weighted by Crippen LogP contribution is -2.48. The van der Waals surface area contributed by atoms with Gasteiger partial charge in [-0.05, 0) is 85.4 Å². The molecule has 0 radical (unpaired) electrons. The fourth-order valence-corrected chi connectivity index (χ4v) is 5.74. The molecule has 1 heterocycles. The smallest absolute Gasteiger partial charge is 0.167 e. The van der Waals surface area contributed by atoms with Gasteiger partial charge in [0.1, 0.15) is 11.5 Å². The molecule has 2 bridgehead atoms. The fourth-order valence-electron chi connectivity index (χ4n) is 5.58. The molecule has 6 rings (SSSR count). The average Bonchev–Trinajstić information content (AvgIpc) is 2.77. The molecule has 2 aromatic carbocycles. The number of hydrogen-bond donors (Lipinski definition) is 1. The zero-order valence-corrected chi connectivity index (χ0v) is 17.8. The van der Waals surface area contributed by atoms with Crippen LogP contribution in [0.15, 0.2) is 42.2 Å². The van der Waals surface area contributed by atoms with Gasteiger partial charge in [-0.2, -0.15) is 0 Å². The Labute approximate surface area is 181 Å². The molecule has 2 atom stereocenters. The zero-order chi connectivity index (χ0) is 20.8. The van der Waals surface area contributed by atoms with Crippen LogP contribution in [0, 0.1) is 23.6 Å². The van der Waals surface area contributed by atoms with E-state index < -0.39 is 5.82 Å². The van der Waals surface area contributed by atoms with E-state index in [2.05, 4.69) is 6.92 Å². The van der Waals surface area contributed by atoms with Crippen molar-refractivity contribution in [3.05, 3.63) is 64.1 Å². The van der Waals surface area contributed by atoms with Crippen LogP contribution in [-0.2, 0) is 11.2 Å². The van der Waals surface area contributed by atoms with Gasteiger partial charge < -0.3 is 14.6 Å². The van der Waals surface area contributed by atoms with Crippen LogP contribution in [0.1, 0.15) is 43.7 Å². The summed E-state index contributed by atoms with van der Waals surface area (Å²) >= 11 is 5.84. The summed E-state index contributed by atoms with van der Waals surface area (Å²) in [4.78, 5) is 0. The summed E-state index contributed by atoms with van der Waals surface area (Å²) in [6.07, 6.45) is 5.74. The molecule has 1 N–H and O–H groups in total. The SMILES string of the molecule is CCc1ccc(Oc2ccc(Cl)cc2F)cc1C1=C(O)C2C3CCC(CC3)C2OC1. The number of aliphatic hydroxyl groups is 1. The highest BCUT2D eigenvalue weighted by Crippen LogP contribution is 2.52. The van der Waals surface area contributed by atoms with Gasteiger partial charge >= 0.3 is 0 Å². The van der Waals surface area contributed by atoms with E-state index in [0.29, 0.717) is 35.0 Å². The van der Waals surface area contributed by atoms with Gasteiger partial charge in [-0.15, -0.1) is 0 Å². The summed E-state index contributed by atoms with van der Waals surface area (Å²) in [5.74, 6) is 1.80. The molecule has 1 aliphatic heterocycles. The van der Waals surface area contributed by atoms with E-state index in [9.17, 15) is 9.50 Å². The Morgan fingerprint density at radius 3 is 2.60 bits per heavy atom. The van der Waals surface area contributed by atoms with Gasteiger partial charge in [-0.1, -0.05) is 24.6 Å². The van der Waals surface area contributed by atoms with Crippen molar-refractivity contribution >= 4 is 17.2 Å². The van der Waals surface area contributed by atoms with Gasteiger partial charge in [0.15, 0.2) is 11.6 Å². The van der Waals surface area contributed by atoms with Crippen LogP contribution in [0.25, 0.3) is 5.57 Å². The van der Waals surface area contributed by atoms with Crippen LogP contribution >= 0.6 is 11.6 Å². The Bertz CT molecular complexity index is 994. The zero-order valence-electron chi connectivity index (χ0n) is 17.0. The molecule has 30 heavy (non-hydrogen) atoms. The fraction of sp³-hybridized carbons (Fsp3) is 0.440. The first-order valence-electron chi connectivity index (χ1n) is 10.8. The number of fused-ring (bicyclic) bond motifs is 2. The van der Waals surface area contributed by atoms with Crippen molar-refractivity contribution in [2.45, 2.75) is 45.1 Å². The summed E-state index contributed by atoms with van der Waals surface area (Å²) in [6, 6.07) is 10.1. The van der Waals surface area contributed by atoms with Crippen molar-refractivity contribution in [1.82, 2.24) is 0 Å². The minimum atomic E-state index is -0.507. The number of rotatable bonds is 4. The van der Waals surface area contributed by atoms with Crippen molar-refractivity contribution in [1.29, 1.82) is 0 Å². The number of hydrogen-bond acceptors (Lipinski definition) is 3. The highest BCUT2D eigenvalue weighted by molar-refractivity contribution is 6.30. The minimum Gasteiger partial charge on any atom is -0.512 e. The Kier molecular flexibility index (Phi) is 5.24. The number of ether oxygens (including phenoxy) is 2. The maximum Gasteiger partial charge on any atom is 0.167 e. The molecular weight excluding hydrogens is 403 g/mol. The van der Waals surface area contributed by atoms with E-state index in [4.69, 9.17) is 21.1 Å². The second-order valence-electron chi connectivity index (χ2n) is 8.69. The third-order valence-corrected chi connectivity index (χ3v) is 7.33. The van der Waals surface area contributed by atoms with Gasteiger partial charge in [0.05, 0.1) is 12.7 Å². The normalized spacial score (nSPS) is 27.8. The van der Waals surface area contributed by atoms with Gasteiger partial charge in [0, 0.05) is 16.5 Å². The largest absolute Gasteiger partial charge is 0.512 e. The summed E-state index contributed by atoms with van der Waals surface area (Å²) in [7, 11) is 0. The van der Waals surface area contributed by atoms with Gasteiger partial charge in [0.2, 0.25) is 0 Å². The van der Waals surface area contributed by atoms with Gasteiger partial charge in [-0.25, -0.2) is 4.39 Å². The molecule has 3 fully saturated rings. The Morgan fingerprint density at radius 2 is 1.87 bits per heavy atom. The molecule has 4 aliphatic rings. The van der Waals surface area contributed by atoms with E-state index in [0.717, 1.165) is 23.1 Å². The topological polar surface area (TPSA) is 38.7 Å². The molecule has 3 aliphatic carbocycles. The minimum absolute atomic E-state index is 0.101. The summed E-state index contributed by atoms with van der Waals surface area (Å²) in [6.45, 7) is 2.49. The molecule has 5 heteroatoms. The molecule has 0 amide bonds. The first kappa shape index (κ1) is 19.9. The predicted molar refractivity (Wildman–Crippen MR) is 116 cm³/mol. The van der Waals surface area contributed by atoms with Gasteiger partial charge in [-0.3, -0.25) is 0 Å². The Hall–Kier alpha value is -2.04. The Balaban J connectivity index is 1.51. The molecule has 158 valence electrons. The summed E-state index contributed by atoms with van der Waals surface area (Å²) in [5, 5.41) is 11.6. The molecule has 0 aromatic heterocycles. The first-order chi connectivity index (χ1) is 14.5. The molecule has 0 spiro atoms. The Morgan fingerprint density at radius 1 is 1.10 bits per heavy atom.